The lowest BCUT2D eigenvalue weighted by Crippen LogP contribution is -1.93. The molecular formula is C9H7FN2O2. The van der Waals surface area contributed by atoms with Gasteiger partial charge in [-0.2, -0.15) is 0 Å². The van der Waals surface area contributed by atoms with E-state index in [1.54, 1.807) is 12.1 Å². The van der Waals surface area contributed by atoms with Gasteiger partial charge in [0.1, 0.15) is 5.82 Å². The van der Waals surface area contributed by atoms with E-state index in [1.165, 1.54) is 12.1 Å². The van der Waals surface area contributed by atoms with Gasteiger partial charge in [0.15, 0.2) is 0 Å². The number of hydrogen-bond acceptors (Lipinski definition) is 3. The van der Waals surface area contributed by atoms with E-state index in [1.807, 2.05) is 0 Å². The topological polar surface area (TPSA) is 58.9 Å². The summed E-state index contributed by atoms with van der Waals surface area (Å²) in [4.78, 5) is 10.6. The number of rotatable bonds is 2. The summed E-state index contributed by atoms with van der Waals surface area (Å²) in [6.07, 6.45) is 0.374. The van der Waals surface area contributed by atoms with Gasteiger partial charge in [0.05, 0.1) is 6.42 Å². The van der Waals surface area contributed by atoms with E-state index >= 15 is 0 Å². The lowest BCUT2D eigenvalue weighted by molar-refractivity contribution is 0.471. The zero-order valence-corrected chi connectivity index (χ0v) is 7.16. The molecule has 0 aliphatic carbocycles. The molecule has 0 radical (unpaired) electrons. The van der Waals surface area contributed by atoms with Crippen molar-refractivity contribution >= 4 is 0 Å². The molecule has 2 aromatic rings. The molecule has 0 amide bonds. The first-order chi connectivity index (χ1) is 6.74. The third kappa shape index (κ3) is 1.87. The summed E-state index contributed by atoms with van der Waals surface area (Å²) in [6, 6.07) is 5.92. The van der Waals surface area contributed by atoms with Crippen molar-refractivity contribution in [3.8, 4) is 0 Å². The molecule has 0 aliphatic rings. The van der Waals surface area contributed by atoms with E-state index in [2.05, 4.69) is 10.2 Å². The summed E-state index contributed by atoms with van der Waals surface area (Å²) in [6.45, 7) is 0. The SMILES string of the molecule is O=c1[nH]nc(Cc2ccc(F)cc2)o1. The smallest absolute Gasteiger partial charge is 0.392 e. The molecule has 14 heavy (non-hydrogen) atoms. The highest BCUT2D eigenvalue weighted by molar-refractivity contribution is 5.18. The van der Waals surface area contributed by atoms with Crippen molar-refractivity contribution in [2.24, 2.45) is 0 Å². The summed E-state index contributed by atoms with van der Waals surface area (Å²) in [5.41, 5.74) is 0.835. The minimum absolute atomic E-state index is 0.293. The number of H-pyrrole nitrogens is 1. The number of aromatic amines is 1. The molecule has 1 heterocycles. The maximum atomic E-state index is 12.5. The van der Waals surface area contributed by atoms with Crippen molar-refractivity contribution in [3.63, 3.8) is 0 Å². The summed E-state index contributed by atoms with van der Waals surface area (Å²) in [5, 5.41) is 5.79. The van der Waals surface area contributed by atoms with Crippen molar-refractivity contribution < 1.29 is 8.81 Å². The molecule has 2 rings (SSSR count). The van der Waals surface area contributed by atoms with Crippen molar-refractivity contribution in [3.05, 3.63) is 52.1 Å². The number of benzene rings is 1. The number of halogens is 1. The summed E-state index contributed by atoms with van der Waals surface area (Å²) >= 11 is 0. The molecule has 72 valence electrons. The summed E-state index contributed by atoms with van der Waals surface area (Å²) in [7, 11) is 0. The van der Waals surface area contributed by atoms with Crippen LogP contribution in [0.3, 0.4) is 0 Å². The minimum Gasteiger partial charge on any atom is -0.392 e. The minimum atomic E-state index is -0.581. The van der Waals surface area contributed by atoms with Crippen LogP contribution in [0.5, 0.6) is 0 Å². The second kappa shape index (κ2) is 3.45. The Morgan fingerprint density at radius 1 is 1.36 bits per heavy atom. The molecule has 0 fully saturated rings. The molecule has 4 nitrogen and oxygen atoms in total. The Morgan fingerprint density at radius 2 is 2.07 bits per heavy atom. The average molecular weight is 194 g/mol. The van der Waals surface area contributed by atoms with E-state index < -0.39 is 5.76 Å². The second-order valence-corrected chi connectivity index (χ2v) is 2.81. The van der Waals surface area contributed by atoms with Crippen LogP contribution in [0.1, 0.15) is 11.5 Å². The van der Waals surface area contributed by atoms with Gasteiger partial charge in [0.25, 0.3) is 0 Å². The van der Waals surface area contributed by atoms with Crippen LogP contribution in [-0.4, -0.2) is 10.2 Å². The molecule has 0 saturated heterocycles. The van der Waals surface area contributed by atoms with E-state index in [9.17, 15) is 9.18 Å². The third-order valence-corrected chi connectivity index (χ3v) is 1.75. The van der Waals surface area contributed by atoms with Crippen molar-refractivity contribution in [1.29, 1.82) is 0 Å². The predicted molar refractivity (Wildman–Crippen MR) is 46.3 cm³/mol. The molecule has 1 N–H and O–H groups in total. The zero-order valence-electron chi connectivity index (χ0n) is 7.16. The highest BCUT2D eigenvalue weighted by Crippen LogP contribution is 2.06. The molecule has 0 atom stereocenters. The largest absolute Gasteiger partial charge is 0.434 e. The molecule has 0 aliphatic heterocycles. The van der Waals surface area contributed by atoms with Crippen LogP contribution in [0.15, 0.2) is 33.5 Å². The first-order valence-corrected chi connectivity index (χ1v) is 4.03. The van der Waals surface area contributed by atoms with Crippen molar-refractivity contribution in [2.75, 3.05) is 0 Å². The van der Waals surface area contributed by atoms with E-state index in [4.69, 9.17) is 4.42 Å². The Kier molecular flexibility index (Phi) is 2.14. The second-order valence-electron chi connectivity index (χ2n) is 2.81. The molecule has 0 spiro atoms. The number of hydrogen-bond donors (Lipinski definition) is 1. The van der Waals surface area contributed by atoms with Gasteiger partial charge in [0.2, 0.25) is 5.89 Å². The fourth-order valence-electron chi connectivity index (χ4n) is 1.11. The Balaban J connectivity index is 2.19. The normalized spacial score (nSPS) is 10.4. The highest BCUT2D eigenvalue weighted by atomic mass is 19.1. The Labute approximate surface area is 78.4 Å². The maximum Gasteiger partial charge on any atom is 0.434 e. The quantitative estimate of drug-likeness (QED) is 0.778. The third-order valence-electron chi connectivity index (χ3n) is 1.75. The first-order valence-electron chi connectivity index (χ1n) is 4.03. The van der Waals surface area contributed by atoms with Crippen molar-refractivity contribution in [1.82, 2.24) is 10.2 Å². The monoisotopic (exact) mass is 194 g/mol. The van der Waals surface area contributed by atoms with Gasteiger partial charge in [-0.05, 0) is 17.7 Å². The fraction of sp³-hybridized carbons (Fsp3) is 0.111. The van der Waals surface area contributed by atoms with Gasteiger partial charge in [-0.1, -0.05) is 12.1 Å². The molecule has 5 heteroatoms. The van der Waals surface area contributed by atoms with Gasteiger partial charge in [-0.25, -0.2) is 14.3 Å². The molecule has 0 saturated carbocycles. The first kappa shape index (κ1) is 8.68. The molecular weight excluding hydrogens is 187 g/mol. The lowest BCUT2D eigenvalue weighted by Gasteiger charge is -1.95. The van der Waals surface area contributed by atoms with Crippen LogP contribution in [0, 0.1) is 5.82 Å². The maximum absolute atomic E-state index is 12.5. The number of aromatic nitrogens is 2. The molecule has 0 unspecified atom stereocenters. The van der Waals surface area contributed by atoms with Crippen LogP contribution in [0.2, 0.25) is 0 Å². The standard InChI is InChI=1S/C9H7FN2O2/c10-7-3-1-6(2-4-7)5-8-11-12-9(13)14-8/h1-4H,5H2,(H,12,13). The molecule has 1 aromatic heterocycles. The lowest BCUT2D eigenvalue weighted by atomic mass is 10.1. The van der Waals surface area contributed by atoms with Gasteiger partial charge < -0.3 is 4.42 Å². The molecule has 1 aromatic carbocycles. The highest BCUT2D eigenvalue weighted by Gasteiger charge is 2.02. The summed E-state index contributed by atoms with van der Waals surface area (Å²) < 4.78 is 17.2. The van der Waals surface area contributed by atoms with Crippen LogP contribution in [-0.2, 0) is 6.42 Å². The van der Waals surface area contributed by atoms with Crippen LogP contribution < -0.4 is 5.76 Å². The van der Waals surface area contributed by atoms with Crippen LogP contribution in [0.25, 0.3) is 0 Å². The van der Waals surface area contributed by atoms with Crippen LogP contribution in [0.4, 0.5) is 4.39 Å². The van der Waals surface area contributed by atoms with Crippen LogP contribution >= 0.6 is 0 Å². The number of nitrogens with zero attached hydrogens (tertiary/aromatic N) is 1. The average Bonchev–Trinajstić information content (AvgIpc) is 2.56. The zero-order chi connectivity index (χ0) is 9.97. The van der Waals surface area contributed by atoms with E-state index in [0.29, 0.717) is 12.3 Å². The fourth-order valence-corrected chi connectivity index (χ4v) is 1.11. The van der Waals surface area contributed by atoms with Gasteiger partial charge in [0, 0.05) is 0 Å². The predicted octanol–water partition coefficient (Wildman–Crippen LogP) is 1.09. The molecule has 0 bridgehead atoms. The van der Waals surface area contributed by atoms with Crippen molar-refractivity contribution in [2.45, 2.75) is 6.42 Å². The van der Waals surface area contributed by atoms with E-state index in [-0.39, 0.29) is 5.82 Å². The Bertz CT molecular complexity index is 472. The summed E-state index contributed by atoms with van der Waals surface area (Å²) in [5.74, 6) is -0.582. The Morgan fingerprint density at radius 3 is 2.64 bits per heavy atom. The van der Waals surface area contributed by atoms with Gasteiger partial charge in [-0.3, -0.25) is 0 Å². The van der Waals surface area contributed by atoms with Gasteiger partial charge in [-0.15, -0.1) is 5.10 Å². The Hall–Kier alpha value is -1.91. The van der Waals surface area contributed by atoms with E-state index in [0.717, 1.165) is 5.56 Å². The van der Waals surface area contributed by atoms with Gasteiger partial charge >= 0.3 is 5.76 Å². The number of nitrogens with one attached hydrogen (secondary N) is 1.